The van der Waals surface area contributed by atoms with Crippen LogP contribution >= 0.6 is 27.3 Å². The van der Waals surface area contributed by atoms with Crippen LogP contribution in [0.3, 0.4) is 0 Å². The van der Waals surface area contributed by atoms with Gasteiger partial charge in [0, 0.05) is 18.6 Å². The number of thiophene rings is 1. The molecule has 7 heteroatoms. The maximum Gasteiger partial charge on any atom is 0.253 e. The molecule has 0 spiro atoms. The van der Waals surface area contributed by atoms with Gasteiger partial charge in [-0.1, -0.05) is 0 Å². The Bertz CT molecular complexity index is 551. The van der Waals surface area contributed by atoms with E-state index in [-0.39, 0.29) is 12.1 Å². The van der Waals surface area contributed by atoms with Gasteiger partial charge in [0.15, 0.2) is 0 Å². The predicted octanol–water partition coefficient (Wildman–Crippen LogP) is 2.33. The van der Waals surface area contributed by atoms with Gasteiger partial charge in [-0.15, -0.1) is 11.3 Å². The molecule has 2 aliphatic rings. The van der Waals surface area contributed by atoms with Crippen LogP contribution in [0.15, 0.2) is 14.1 Å². The minimum atomic E-state index is -3.34. The molecule has 2 aliphatic heterocycles. The number of rotatable bonds is 2. The topological polar surface area (TPSA) is 49.4 Å². The lowest BCUT2D eigenvalue weighted by Gasteiger charge is -2.26. The number of hydrogen-bond acceptors (Lipinski definition) is 4. The normalized spacial score (nSPS) is 28.5. The van der Waals surface area contributed by atoms with Gasteiger partial charge in [-0.3, -0.25) is 0 Å². The first-order valence-electron chi connectivity index (χ1n) is 6.50. The van der Waals surface area contributed by atoms with Gasteiger partial charge in [0.1, 0.15) is 4.21 Å². The third-order valence-electron chi connectivity index (χ3n) is 3.95. The molecule has 0 aliphatic carbocycles. The van der Waals surface area contributed by atoms with Gasteiger partial charge in [-0.05, 0) is 60.3 Å². The van der Waals surface area contributed by atoms with Gasteiger partial charge in [0.2, 0.25) is 0 Å². The average Bonchev–Trinajstić information content (AvgIpc) is 2.80. The van der Waals surface area contributed by atoms with Gasteiger partial charge in [0.25, 0.3) is 10.0 Å². The van der Waals surface area contributed by atoms with Crippen LogP contribution in [0.1, 0.15) is 24.8 Å². The van der Waals surface area contributed by atoms with Crippen LogP contribution in [0, 0.1) is 6.92 Å². The molecule has 1 aromatic rings. The van der Waals surface area contributed by atoms with Crippen LogP contribution in [0.25, 0.3) is 0 Å². The average molecular weight is 365 g/mol. The zero-order chi connectivity index (χ0) is 13.6. The lowest BCUT2D eigenvalue weighted by molar-refractivity contribution is 0.335. The van der Waals surface area contributed by atoms with Crippen molar-refractivity contribution in [2.45, 2.75) is 42.5 Å². The Labute approximate surface area is 126 Å². The Morgan fingerprint density at radius 3 is 2.79 bits per heavy atom. The van der Waals surface area contributed by atoms with E-state index in [4.69, 9.17) is 0 Å². The molecule has 2 saturated heterocycles. The number of nitrogens with zero attached hydrogens (tertiary/aromatic N) is 1. The summed E-state index contributed by atoms with van der Waals surface area (Å²) in [6, 6.07) is 2.08. The Morgan fingerprint density at radius 2 is 2.11 bits per heavy atom. The van der Waals surface area contributed by atoms with E-state index in [1.807, 2.05) is 6.92 Å². The fourth-order valence-electron chi connectivity index (χ4n) is 2.99. The fourth-order valence-corrected chi connectivity index (χ4v) is 7.22. The number of sulfonamides is 1. The molecule has 1 aromatic heterocycles. The van der Waals surface area contributed by atoms with Crippen molar-refractivity contribution in [2.75, 3.05) is 13.1 Å². The number of aryl methyl sites for hydroxylation is 1. The zero-order valence-corrected chi connectivity index (χ0v) is 13.9. The molecule has 0 amide bonds. The van der Waals surface area contributed by atoms with E-state index < -0.39 is 10.0 Å². The molecule has 3 heterocycles. The summed E-state index contributed by atoms with van der Waals surface area (Å²) >= 11 is 4.74. The second kappa shape index (κ2) is 5.11. The number of hydrogen-bond donors (Lipinski definition) is 1. The minimum absolute atomic E-state index is 0.124. The summed E-state index contributed by atoms with van der Waals surface area (Å²) in [4.78, 5) is 0. The minimum Gasteiger partial charge on any atom is -0.315 e. The smallest absolute Gasteiger partial charge is 0.253 e. The van der Waals surface area contributed by atoms with Crippen molar-refractivity contribution < 1.29 is 8.42 Å². The molecular weight excluding hydrogens is 348 g/mol. The predicted molar refractivity (Wildman–Crippen MR) is 80.1 cm³/mol. The molecule has 2 bridgehead atoms. The van der Waals surface area contributed by atoms with Gasteiger partial charge in [-0.2, -0.15) is 4.31 Å². The van der Waals surface area contributed by atoms with Crippen LogP contribution < -0.4 is 5.32 Å². The second-order valence-corrected chi connectivity index (χ2v) is 9.68. The summed E-state index contributed by atoms with van der Waals surface area (Å²) in [6.07, 6.45) is 2.89. The molecule has 1 N–H and O–H groups in total. The van der Waals surface area contributed by atoms with Crippen molar-refractivity contribution in [3.8, 4) is 0 Å². The maximum absolute atomic E-state index is 12.9. The van der Waals surface area contributed by atoms with Gasteiger partial charge in [0.05, 0.1) is 3.79 Å². The molecular formula is C12H17BrN2O2S2. The summed E-state index contributed by atoms with van der Waals surface area (Å²) in [5, 5.41) is 3.34. The summed E-state index contributed by atoms with van der Waals surface area (Å²) in [7, 11) is -3.34. The highest BCUT2D eigenvalue weighted by atomic mass is 79.9. The van der Waals surface area contributed by atoms with Crippen molar-refractivity contribution in [1.82, 2.24) is 9.62 Å². The molecule has 106 valence electrons. The van der Waals surface area contributed by atoms with Crippen LogP contribution in [0.4, 0.5) is 0 Å². The van der Waals surface area contributed by atoms with E-state index in [1.54, 1.807) is 10.4 Å². The molecule has 2 unspecified atom stereocenters. The molecule has 19 heavy (non-hydrogen) atoms. The van der Waals surface area contributed by atoms with Gasteiger partial charge < -0.3 is 5.32 Å². The Balaban J connectivity index is 2.00. The van der Waals surface area contributed by atoms with Gasteiger partial charge in [-0.25, -0.2) is 8.42 Å². The second-order valence-electron chi connectivity index (χ2n) is 5.23. The van der Waals surface area contributed by atoms with Crippen molar-refractivity contribution in [3.63, 3.8) is 0 Å². The first kappa shape index (κ1) is 14.0. The van der Waals surface area contributed by atoms with Crippen molar-refractivity contribution >= 4 is 37.3 Å². The highest BCUT2D eigenvalue weighted by molar-refractivity contribution is 9.11. The molecule has 0 saturated carbocycles. The van der Waals surface area contributed by atoms with Crippen LogP contribution in [-0.4, -0.2) is 37.9 Å². The quantitative estimate of drug-likeness (QED) is 0.875. The van der Waals surface area contributed by atoms with Crippen LogP contribution in [0.2, 0.25) is 0 Å². The first-order valence-corrected chi connectivity index (χ1v) is 9.55. The maximum atomic E-state index is 12.9. The number of halogens is 1. The Morgan fingerprint density at radius 1 is 1.37 bits per heavy atom. The summed E-state index contributed by atoms with van der Waals surface area (Å²) in [5.74, 6) is 0. The summed E-state index contributed by atoms with van der Waals surface area (Å²) < 4.78 is 28.9. The van der Waals surface area contributed by atoms with Crippen molar-refractivity contribution in [3.05, 3.63) is 15.4 Å². The van der Waals surface area contributed by atoms with E-state index in [0.717, 1.165) is 41.7 Å². The fraction of sp³-hybridized carbons (Fsp3) is 0.667. The van der Waals surface area contributed by atoms with E-state index in [9.17, 15) is 8.42 Å². The van der Waals surface area contributed by atoms with Gasteiger partial charge >= 0.3 is 0 Å². The third kappa shape index (κ3) is 2.40. The molecule has 2 fully saturated rings. The lowest BCUT2D eigenvalue weighted by atomic mass is 10.1. The molecule has 2 atom stereocenters. The number of nitrogens with one attached hydrogen (secondary N) is 1. The van der Waals surface area contributed by atoms with Crippen molar-refractivity contribution in [2.24, 2.45) is 0 Å². The lowest BCUT2D eigenvalue weighted by Crippen LogP contribution is -2.42. The highest BCUT2D eigenvalue weighted by Crippen LogP contribution is 2.38. The van der Waals surface area contributed by atoms with E-state index in [0.29, 0.717) is 4.21 Å². The summed E-state index contributed by atoms with van der Waals surface area (Å²) in [6.45, 7) is 3.62. The van der Waals surface area contributed by atoms with E-state index in [2.05, 4.69) is 21.2 Å². The first-order chi connectivity index (χ1) is 9.00. The Kier molecular flexibility index (Phi) is 3.77. The summed E-state index contributed by atoms with van der Waals surface area (Å²) in [5.41, 5.74) is 0.990. The van der Waals surface area contributed by atoms with Crippen molar-refractivity contribution in [1.29, 1.82) is 0 Å². The van der Waals surface area contributed by atoms with Crippen LogP contribution in [-0.2, 0) is 10.0 Å². The Hall–Kier alpha value is 0.0500. The number of fused-ring (bicyclic) bond motifs is 2. The standard InChI is InChI=1S/C12H17BrN2O2S2/c1-8-6-11(18-12(8)13)19(16,17)15-9-2-3-10(15)7-14-5-4-9/h6,9-10,14H,2-5,7H2,1H3. The molecule has 0 aromatic carbocycles. The highest BCUT2D eigenvalue weighted by Gasteiger charge is 2.43. The largest absolute Gasteiger partial charge is 0.315 e. The van der Waals surface area contributed by atoms with Crippen LogP contribution in [0.5, 0.6) is 0 Å². The monoisotopic (exact) mass is 364 g/mol. The molecule has 0 radical (unpaired) electrons. The molecule has 3 rings (SSSR count). The molecule has 4 nitrogen and oxygen atoms in total. The zero-order valence-electron chi connectivity index (χ0n) is 10.7. The third-order valence-corrected chi connectivity index (χ3v) is 8.54. The van der Waals surface area contributed by atoms with E-state index >= 15 is 0 Å². The SMILES string of the molecule is Cc1cc(S(=O)(=O)N2C3CCNCC2CC3)sc1Br. The van der Waals surface area contributed by atoms with E-state index in [1.165, 1.54) is 11.3 Å².